The number of fused-ring (bicyclic) bond motifs is 5. The van der Waals surface area contributed by atoms with Crippen molar-refractivity contribution in [2.75, 3.05) is 20.1 Å². The quantitative estimate of drug-likeness (QED) is 0.539. The third-order valence-electron chi connectivity index (χ3n) is 9.58. The van der Waals surface area contributed by atoms with Gasteiger partial charge in [-0.25, -0.2) is 0 Å². The first-order valence-electron chi connectivity index (χ1n) is 14.4. The third-order valence-corrected chi connectivity index (χ3v) is 10.3. The normalized spacial score (nSPS) is 33.5. The number of likely N-dealkylation sites (N-methyl/N-ethyl adjacent to an activating group) is 1. The molecule has 10 heteroatoms. The number of aromatic amines is 1. The number of carbonyl (C=O) groups is 3. The minimum atomic E-state index is -1.89. The van der Waals surface area contributed by atoms with Crippen LogP contribution in [-0.2, 0) is 25.5 Å². The lowest BCUT2D eigenvalue weighted by molar-refractivity contribution is -0.301. The van der Waals surface area contributed by atoms with Gasteiger partial charge in [-0.05, 0) is 77.3 Å². The lowest BCUT2D eigenvalue weighted by Crippen LogP contribution is -2.71. The first-order valence-corrected chi connectivity index (χ1v) is 15.2. The van der Waals surface area contributed by atoms with Gasteiger partial charge in [-0.1, -0.05) is 32.1 Å². The molecule has 2 N–H and O–H groups in total. The Morgan fingerprint density at radius 1 is 1.27 bits per heavy atom. The van der Waals surface area contributed by atoms with Crippen molar-refractivity contribution in [1.82, 2.24) is 19.7 Å². The lowest BCUT2D eigenvalue weighted by atomic mass is 9.79. The number of aromatic nitrogens is 1. The number of H-pyrrole nitrogens is 1. The van der Waals surface area contributed by atoms with E-state index in [1.807, 2.05) is 27.0 Å². The van der Waals surface area contributed by atoms with Crippen LogP contribution in [0.3, 0.4) is 0 Å². The Hall–Kier alpha value is -2.53. The number of hydrogen-bond acceptors (Lipinski definition) is 6. The highest BCUT2D eigenvalue weighted by Crippen LogP contribution is 2.46. The summed E-state index contributed by atoms with van der Waals surface area (Å²) in [7, 11) is 2.04. The molecule has 5 heterocycles. The maximum Gasteiger partial charge on any atom is 0.274 e. The molecule has 0 radical (unpaired) electrons. The molecule has 0 bridgehead atoms. The second-order valence-corrected chi connectivity index (χ2v) is 13.3. The Balaban J connectivity index is 1.18. The van der Waals surface area contributed by atoms with E-state index >= 15 is 0 Å². The van der Waals surface area contributed by atoms with Crippen molar-refractivity contribution >= 4 is 50.0 Å². The highest BCUT2D eigenvalue weighted by molar-refractivity contribution is 9.10. The minimum Gasteiger partial charge on any atom is -0.349 e. The van der Waals surface area contributed by atoms with Crippen LogP contribution >= 0.6 is 15.9 Å². The molecule has 3 fully saturated rings. The second-order valence-electron chi connectivity index (χ2n) is 12.5. The maximum absolute atomic E-state index is 13.8. The van der Waals surface area contributed by atoms with Gasteiger partial charge in [0.15, 0.2) is 0 Å². The predicted molar refractivity (Wildman–Crippen MR) is 152 cm³/mol. The molecule has 4 aliphatic heterocycles. The number of halogens is 1. The van der Waals surface area contributed by atoms with Crippen LogP contribution in [0.5, 0.6) is 0 Å². The topological polar surface area (TPSA) is 106 Å². The van der Waals surface area contributed by atoms with Crippen LogP contribution in [0.1, 0.15) is 50.7 Å². The van der Waals surface area contributed by atoms with E-state index in [-0.39, 0.29) is 30.1 Å². The van der Waals surface area contributed by atoms with E-state index < -0.39 is 35.9 Å². The van der Waals surface area contributed by atoms with Crippen LogP contribution in [0.2, 0.25) is 0 Å². The first kappa shape index (κ1) is 26.4. The van der Waals surface area contributed by atoms with E-state index in [0.717, 1.165) is 34.1 Å². The summed E-state index contributed by atoms with van der Waals surface area (Å²) in [6.45, 7) is 5.07. The maximum atomic E-state index is 13.8. The highest BCUT2D eigenvalue weighted by atomic mass is 79.9. The number of piperazine rings is 1. The Bertz CT molecular complexity index is 1470. The van der Waals surface area contributed by atoms with Crippen molar-refractivity contribution in [1.29, 1.82) is 0 Å². The number of carbonyl (C=O) groups excluding carboxylic acids is 3. The van der Waals surface area contributed by atoms with Gasteiger partial charge in [0.1, 0.15) is 24.0 Å². The van der Waals surface area contributed by atoms with Crippen LogP contribution in [0, 0.1) is 11.8 Å². The first-order chi connectivity index (χ1) is 19.1. The summed E-state index contributed by atoms with van der Waals surface area (Å²) in [5.74, 6) is -2.84. The second kappa shape index (κ2) is 9.24. The molecule has 1 aromatic heterocycles. The number of aliphatic hydroxyl groups is 1. The fourth-order valence-electron chi connectivity index (χ4n) is 7.78. The zero-order valence-electron chi connectivity index (χ0n) is 23.0. The predicted octanol–water partition coefficient (Wildman–Crippen LogP) is 3.05. The van der Waals surface area contributed by atoms with E-state index in [2.05, 4.69) is 44.0 Å². The largest absolute Gasteiger partial charge is 0.349 e. The summed E-state index contributed by atoms with van der Waals surface area (Å²) in [6.07, 6.45) is 3.42. The Morgan fingerprint density at radius 2 is 2.08 bits per heavy atom. The molecule has 1 aliphatic carbocycles. The summed E-state index contributed by atoms with van der Waals surface area (Å²) < 4.78 is 7.11. The van der Waals surface area contributed by atoms with Gasteiger partial charge in [0.05, 0.1) is 4.60 Å². The molecular weight excluding hydrogens is 576 g/mol. The van der Waals surface area contributed by atoms with Crippen molar-refractivity contribution < 1.29 is 24.2 Å². The molecule has 40 heavy (non-hydrogen) atoms. The van der Waals surface area contributed by atoms with Gasteiger partial charge >= 0.3 is 0 Å². The van der Waals surface area contributed by atoms with E-state index in [4.69, 9.17) is 4.74 Å². The summed E-state index contributed by atoms with van der Waals surface area (Å²) in [6, 6.07) is 4.98. The summed E-state index contributed by atoms with van der Waals surface area (Å²) >= 11 is 3.69. The van der Waals surface area contributed by atoms with Gasteiger partial charge in [-0.15, -0.1) is 0 Å². The number of benzene rings is 1. The van der Waals surface area contributed by atoms with Crippen LogP contribution in [0.4, 0.5) is 0 Å². The number of nitrogens with zero attached hydrogens (tertiary/aromatic N) is 3. The highest BCUT2D eigenvalue weighted by Gasteiger charge is 2.66. The van der Waals surface area contributed by atoms with E-state index in [9.17, 15) is 19.5 Å². The smallest absolute Gasteiger partial charge is 0.274 e. The van der Waals surface area contributed by atoms with Crippen molar-refractivity contribution in [3.8, 4) is 0 Å². The fraction of sp³-hybridized carbons (Fsp3) is 0.567. The molecule has 7 rings (SSSR count). The number of nitrogens with one attached hydrogen (secondary N) is 1. The molecule has 0 saturated carbocycles. The molecule has 6 atom stereocenters. The number of hydrogen-bond donors (Lipinski definition) is 2. The summed E-state index contributed by atoms with van der Waals surface area (Å²) in [5, 5.41) is 13.0. The van der Waals surface area contributed by atoms with E-state index in [1.54, 1.807) is 4.90 Å². The molecular formula is C30H35BrN4O5. The molecule has 0 spiro atoms. The van der Waals surface area contributed by atoms with Gasteiger partial charge in [0, 0.05) is 42.4 Å². The average molecular weight is 612 g/mol. The fourth-order valence-corrected chi connectivity index (χ4v) is 8.35. The van der Waals surface area contributed by atoms with Gasteiger partial charge in [-0.2, -0.15) is 0 Å². The lowest BCUT2D eigenvalue weighted by Gasteiger charge is -2.49. The molecule has 3 saturated heterocycles. The SMILES string of the molecule is CC(C)C[C@H]1C(=O)N2CCC[C@H]2[C@]2(O)OC(CC(=O)[C@@H]3C=C4c5cccc6[nH]c(Br)c(c56)CC4N(C)C3)C(=O)N12. The number of ketones is 1. The van der Waals surface area contributed by atoms with Crippen LogP contribution in [-0.4, -0.2) is 92.7 Å². The number of ether oxygens (including phenoxy) is 1. The standard InChI is InChI=1S/C30H35BrN4O5/c1-15(2)10-22-28(37)34-9-5-8-25(34)30(39)35(22)29(38)24(40-30)13-23(36)16-11-18-17-6-4-7-20-26(17)19(27(31)32-20)12-21(18)33(3)14-16/h4,6-7,11,15-16,21-22,24-25,32,39H,5,8-10,12-14H2,1-3H3/t16-,21?,22+,24?,25+,30+/m1/s1. The third kappa shape index (κ3) is 3.72. The molecule has 2 aromatic rings. The number of amides is 2. The van der Waals surface area contributed by atoms with Crippen molar-refractivity contribution in [2.24, 2.45) is 11.8 Å². The van der Waals surface area contributed by atoms with Crippen LogP contribution < -0.4 is 0 Å². The summed E-state index contributed by atoms with van der Waals surface area (Å²) in [5.41, 5.74) is 4.59. The molecule has 9 nitrogen and oxygen atoms in total. The zero-order chi connectivity index (χ0) is 28.1. The Morgan fingerprint density at radius 3 is 2.85 bits per heavy atom. The van der Waals surface area contributed by atoms with E-state index in [0.29, 0.717) is 25.9 Å². The van der Waals surface area contributed by atoms with Crippen LogP contribution in [0.15, 0.2) is 28.9 Å². The monoisotopic (exact) mass is 610 g/mol. The van der Waals surface area contributed by atoms with Crippen LogP contribution in [0.25, 0.3) is 16.5 Å². The Kier molecular flexibility index (Phi) is 6.09. The van der Waals surface area contributed by atoms with Gasteiger partial charge in [0.25, 0.3) is 11.8 Å². The minimum absolute atomic E-state index is 0.0946. The zero-order valence-corrected chi connectivity index (χ0v) is 24.6. The number of Topliss-reactive ketones (excluding diaryl/α,β-unsaturated/α-hetero) is 1. The summed E-state index contributed by atoms with van der Waals surface area (Å²) in [4.78, 5) is 49.5. The Labute approximate surface area is 241 Å². The van der Waals surface area contributed by atoms with Gasteiger partial charge in [-0.3, -0.25) is 24.2 Å². The molecule has 1 aromatic carbocycles. The molecule has 212 valence electrons. The van der Waals surface area contributed by atoms with Gasteiger partial charge < -0.3 is 19.7 Å². The molecule has 2 amide bonds. The van der Waals surface area contributed by atoms with Crippen molar-refractivity contribution in [2.45, 2.75) is 76.1 Å². The van der Waals surface area contributed by atoms with Crippen molar-refractivity contribution in [3.63, 3.8) is 0 Å². The molecule has 5 aliphatic rings. The van der Waals surface area contributed by atoms with Crippen molar-refractivity contribution in [3.05, 3.63) is 40.0 Å². The van der Waals surface area contributed by atoms with Gasteiger partial charge in [0.2, 0.25) is 5.91 Å². The van der Waals surface area contributed by atoms with E-state index in [1.165, 1.54) is 15.8 Å². The number of rotatable bonds is 5. The average Bonchev–Trinajstić information content (AvgIpc) is 3.59. The molecule has 2 unspecified atom stereocenters.